The highest BCUT2D eigenvalue weighted by Crippen LogP contribution is 2.64. The first-order valence-corrected chi connectivity index (χ1v) is 22.3. The fourth-order valence-electron chi connectivity index (χ4n) is 17.1. The van der Waals surface area contributed by atoms with Crippen LogP contribution in [0.1, 0.15) is 186 Å². The monoisotopic (exact) mass is 615 g/mol. The topological polar surface area (TPSA) is 0 Å². The lowest BCUT2D eigenvalue weighted by Crippen LogP contribution is -2.54. The van der Waals surface area contributed by atoms with E-state index in [1.807, 2.05) is 0 Å². The second-order valence-electron chi connectivity index (χ2n) is 20.0. The first-order chi connectivity index (χ1) is 22.3. The molecule has 9 fully saturated rings. The molecule has 11 unspecified atom stereocenters. The normalized spacial score (nSPS) is 52.7. The van der Waals surface area contributed by atoms with E-state index in [0.29, 0.717) is 0 Å². The smallest absolute Gasteiger partial charge is 0.0323 e. The Morgan fingerprint density at radius 3 is 1.16 bits per heavy atom. The zero-order chi connectivity index (χ0) is 29.7. The van der Waals surface area contributed by atoms with E-state index < -0.39 is 0 Å². The largest absolute Gasteiger partial charge is 0.0533 e. The van der Waals surface area contributed by atoms with Crippen molar-refractivity contribution in [2.75, 3.05) is 0 Å². The quantitative estimate of drug-likeness (QED) is 0.295. The zero-order valence-electron chi connectivity index (χ0n) is 29.7. The van der Waals surface area contributed by atoms with Crippen molar-refractivity contribution in [3.8, 4) is 0 Å². The maximum atomic E-state index is 1.67. The van der Waals surface area contributed by atoms with E-state index in [4.69, 9.17) is 0 Å². The first-order valence-electron chi connectivity index (χ1n) is 22.3. The summed E-state index contributed by atoms with van der Waals surface area (Å²) < 4.78 is 0. The van der Waals surface area contributed by atoms with Gasteiger partial charge in [0.25, 0.3) is 0 Å². The molecule has 0 radical (unpaired) electrons. The molecule has 0 amide bonds. The summed E-state index contributed by atoms with van der Waals surface area (Å²) >= 11 is 0. The van der Waals surface area contributed by atoms with Crippen molar-refractivity contribution in [2.45, 2.75) is 186 Å². The van der Waals surface area contributed by atoms with Crippen LogP contribution in [0.15, 0.2) is 0 Å². The van der Waals surface area contributed by atoms with Crippen molar-refractivity contribution in [1.82, 2.24) is 0 Å². The molecule has 0 heterocycles. The Morgan fingerprint density at radius 1 is 0.178 bits per heavy atom. The van der Waals surface area contributed by atoms with Crippen LogP contribution >= 0.6 is 0 Å². The van der Waals surface area contributed by atoms with Crippen LogP contribution < -0.4 is 0 Å². The van der Waals surface area contributed by atoms with E-state index in [-0.39, 0.29) is 0 Å². The van der Waals surface area contributed by atoms with E-state index >= 15 is 0 Å². The van der Waals surface area contributed by atoms with Gasteiger partial charge in [-0.25, -0.2) is 0 Å². The maximum absolute atomic E-state index is 1.67. The minimum atomic E-state index is 1.11. The van der Waals surface area contributed by atoms with E-state index in [1.54, 1.807) is 186 Å². The van der Waals surface area contributed by atoms with Crippen LogP contribution in [0.3, 0.4) is 0 Å². The number of hydrogen-bond acceptors (Lipinski definition) is 0. The zero-order valence-corrected chi connectivity index (χ0v) is 29.7. The van der Waals surface area contributed by atoms with E-state index in [2.05, 4.69) is 0 Å². The molecule has 11 atom stereocenters. The molecule has 0 N–H and O–H groups in total. The van der Waals surface area contributed by atoms with Gasteiger partial charge in [0.1, 0.15) is 0 Å². The Bertz CT molecular complexity index is 927. The van der Waals surface area contributed by atoms with Crippen molar-refractivity contribution in [3.05, 3.63) is 0 Å². The molecule has 0 heteroatoms. The minimum Gasteiger partial charge on any atom is -0.0533 e. The summed E-state index contributed by atoms with van der Waals surface area (Å²) in [4.78, 5) is 0. The summed E-state index contributed by atoms with van der Waals surface area (Å²) in [6.07, 6.45) is 46.7. The molecule has 0 spiro atoms. The molecular weight excluding hydrogens is 540 g/mol. The molecule has 254 valence electrons. The summed E-state index contributed by atoms with van der Waals surface area (Å²) in [5.41, 5.74) is 0. The Labute approximate surface area is 280 Å². The lowest BCUT2D eigenvalue weighted by Gasteiger charge is -2.61. The molecule has 0 aromatic heterocycles. The van der Waals surface area contributed by atoms with Crippen LogP contribution in [-0.2, 0) is 0 Å². The van der Waals surface area contributed by atoms with Gasteiger partial charge >= 0.3 is 0 Å². The van der Waals surface area contributed by atoms with Crippen LogP contribution in [0.5, 0.6) is 0 Å². The minimum absolute atomic E-state index is 1.11. The van der Waals surface area contributed by atoms with E-state index in [9.17, 15) is 0 Å². The fraction of sp³-hybridized carbons (Fsp3) is 1.00. The van der Waals surface area contributed by atoms with Crippen molar-refractivity contribution in [2.24, 2.45) is 94.7 Å². The van der Waals surface area contributed by atoms with E-state index in [0.717, 1.165) is 94.7 Å². The van der Waals surface area contributed by atoms with Gasteiger partial charge in [0.2, 0.25) is 0 Å². The molecule has 0 aromatic carbocycles. The molecule has 0 saturated heterocycles. The molecule has 9 aliphatic rings. The maximum Gasteiger partial charge on any atom is -0.0323 e. The van der Waals surface area contributed by atoms with Gasteiger partial charge in [-0.05, 0) is 178 Å². The average molecular weight is 615 g/mol. The van der Waals surface area contributed by atoms with Gasteiger partial charge in [-0.15, -0.1) is 0 Å². The van der Waals surface area contributed by atoms with Crippen LogP contribution in [-0.4, -0.2) is 0 Å². The predicted molar refractivity (Wildman–Crippen MR) is 190 cm³/mol. The summed E-state index contributed by atoms with van der Waals surface area (Å²) in [5, 5.41) is 0. The molecule has 9 saturated carbocycles. The third-order valence-corrected chi connectivity index (χ3v) is 18.5. The molecule has 9 rings (SSSR count). The van der Waals surface area contributed by atoms with Crippen LogP contribution in [0.4, 0.5) is 0 Å². The third kappa shape index (κ3) is 5.87. The van der Waals surface area contributed by atoms with Gasteiger partial charge in [0.05, 0.1) is 0 Å². The second kappa shape index (κ2) is 13.7. The summed E-state index contributed by atoms with van der Waals surface area (Å²) in [7, 11) is 0. The lowest BCUT2D eigenvalue weighted by atomic mass is 9.44. The molecule has 45 heavy (non-hydrogen) atoms. The summed E-state index contributed by atoms with van der Waals surface area (Å²) in [6.45, 7) is 0. The highest BCUT2D eigenvalue weighted by Gasteiger charge is 2.56. The molecular formula is C45H74. The first kappa shape index (κ1) is 31.0. The number of rotatable bonds is 4. The SMILES string of the molecule is C1CCC(C2CC3CCCCC3C2C2CCC(C3C4CCCCC4C(C4CCC5CCCCC5C4)C4CCCCC43)CC2)CC1. The highest BCUT2D eigenvalue weighted by molar-refractivity contribution is 5.05. The van der Waals surface area contributed by atoms with Crippen molar-refractivity contribution < 1.29 is 0 Å². The third-order valence-electron chi connectivity index (χ3n) is 18.5. The second-order valence-corrected chi connectivity index (χ2v) is 20.0. The molecule has 0 aliphatic heterocycles. The predicted octanol–water partition coefficient (Wildman–Crippen LogP) is 13.3. The van der Waals surface area contributed by atoms with Crippen LogP contribution in [0.2, 0.25) is 0 Å². The van der Waals surface area contributed by atoms with Gasteiger partial charge in [0, 0.05) is 0 Å². The molecule has 0 bridgehead atoms. The summed E-state index contributed by atoms with van der Waals surface area (Å²) in [5.74, 6) is 18.2. The van der Waals surface area contributed by atoms with Gasteiger partial charge < -0.3 is 0 Å². The van der Waals surface area contributed by atoms with Crippen LogP contribution in [0, 0.1) is 94.7 Å². The van der Waals surface area contributed by atoms with Gasteiger partial charge in [-0.2, -0.15) is 0 Å². The van der Waals surface area contributed by atoms with Crippen molar-refractivity contribution in [1.29, 1.82) is 0 Å². The highest BCUT2D eigenvalue weighted by atomic mass is 14.6. The molecule has 0 aromatic rings. The Hall–Kier alpha value is 0. The van der Waals surface area contributed by atoms with Crippen molar-refractivity contribution >= 4 is 0 Å². The number of fused-ring (bicyclic) bond motifs is 4. The Balaban J connectivity index is 0.928. The lowest BCUT2D eigenvalue weighted by molar-refractivity contribution is -0.120. The molecule has 0 nitrogen and oxygen atoms in total. The van der Waals surface area contributed by atoms with E-state index in [1.165, 1.54) is 0 Å². The van der Waals surface area contributed by atoms with Gasteiger partial charge in [-0.3, -0.25) is 0 Å². The van der Waals surface area contributed by atoms with Crippen molar-refractivity contribution in [3.63, 3.8) is 0 Å². The van der Waals surface area contributed by atoms with Gasteiger partial charge in [-0.1, -0.05) is 103 Å². The number of hydrogen-bond donors (Lipinski definition) is 0. The fourth-order valence-corrected chi connectivity index (χ4v) is 17.1. The Morgan fingerprint density at radius 2 is 0.556 bits per heavy atom. The van der Waals surface area contributed by atoms with Crippen LogP contribution in [0.25, 0.3) is 0 Å². The Kier molecular flexibility index (Phi) is 9.46. The molecule has 9 aliphatic carbocycles. The average Bonchev–Trinajstić information content (AvgIpc) is 3.51. The van der Waals surface area contributed by atoms with Gasteiger partial charge in [0.15, 0.2) is 0 Å². The standard InChI is InChI=1S/C45H74/c1-2-13-31(14-3-1)42-29-35-16-6-7-17-37(35)43(42)32-23-25-33(26-24-32)44-38-18-8-10-20-40(38)45(41-21-11-9-19-39(41)44)36-27-22-30-12-4-5-15-34(30)28-36/h30-45H,1-29H2. The summed E-state index contributed by atoms with van der Waals surface area (Å²) in [6, 6.07) is 0.